The third kappa shape index (κ3) is 5.45. The lowest BCUT2D eigenvalue weighted by atomic mass is 9.86. The zero-order chi connectivity index (χ0) is 18.4. The summed E-state index contributed by atoms with van der Waals surface area (Å²) < 4.78 is 0. The molecule has 0 aromatic heterocycles. The Morgan fingerprint density at radius 1 is 0.808 bits per heavy atom. The van der Waals surface area contributed by atoms with Crippen LogP contribution in [-0.4, -0.2) is 71.8 Å². The lowest BCUT2D eigenvalue weighted by Crippen LogP contribution is -2.53. The summed E-state index contributed by atoms with van der Waals surface area (Å²) in [6.07, 6.45) is 12.0. The molecule has 0 radical (unpaired) electrons. The predicted octanol–water partition coefficient (Wildman–Crippen LogP) is 2.89. The highest BCUT2D eigenvalue weighted by Crippen LogP contribution is 2.27. The number of likely N-dealkylation sites (tertiary alicyclic amines) is 1. The molecule has 2 aliphatic heterocycles. The van der Waals surface area contributed by atoms with E-state index in [1.165, 1.54) is 38.5 Å². The van der Waals surface area contributed by atoms with E-state index < -0.39 is 0 Å². The summed E-state index contributed by atoms with van der Waals surface area (Å²) >= 11 is 0. The van der Waals surface area contributed by atoms with Gasteiger partial charge in [-0.3, -0.25) is 14.5 Å². The minimum atomic E-state index is 0.272. The Kier molecular flexibility index (Phi) is 7.35. The summed E-state index contributed by atoms with van der Waals surface area (Å²) in [6, 6.07) is 0.388. The molecule has 2 saturated heterocycles. The summed E-state index contributed by atoms with van der Waals surface area (Å²) in [5.74, 6) is 1.37. The van der Waals surface area contributed by atoms with Crippen molar-refractivity contribution in [3.63, 3.8) is 0 Å². The number of piperazine rings is 1. The number of hydrogen-bond acceptors (Lipinski definition) is 3. The number of hydrogen-bond donors (Lipinski definition) is 0. The Morgan fingerprint density at radius 2 is 1.50 bits per heavy atom. The predicted molar refractivity (Wildman–Crippen MR) is 104 cm³/mol. The van der Waals surface area contributed by atoms with Crippen molar-refractivity contribution in [2.75, 3.05) is 39.3 Å². The van der Waals surface area contributed by atoms with E-state index in [2.05, 4.69) is 16.7 Å². The van der Waals surface area contributed by atoms with Gasteiger partial charge in [0.25, 0.3) is 0 Å². The van der Waals surface area contributed by atoms with Crippen molar-refractivity contribution in [2.45, 2.75) is 77.2 Å². The van der Waals surface area contributed by atoms with Crippen LogP contribution in [0.15, 0.2) is 0 Å². The zero-order valence-corrected chi connectivity index (χ0v) is 16.6. The summed E-state index contributed by atoms with van der Waals surface area (Å²) in [5, 5.41) is 0. The van der Waals surface area contributed by atoms with Crippen LogP contribution < -0.4 is 0 Å². The monoisotopic (exact) mass is 363 g/mol. The van der Waals surface area contributed by atoms with Crippen LogP contribution in [0.1, 0.15) is 71.1 Å². The van der Waals surface area contributed by atoms with Crippen LogP contribution in [0.4, 0.5) is 0 Å². The van der Waals surface area contributed by atoms with Crippen molar-refractivity contribution in [2.24, 2.45) is 5.92 Å². The molecule has 2 heterocycles. The molecule has 5 nitrogen and oxygen atoms in total. The van der Waals surface area contributed by atoms with Gasteiger partial charge in [-0.25, -0.2) is 0 Å². The second kappa shape index (κ2) is 9.72. The number of carbonyl (C=O) groups excluding carboxylic acids is 2. The highest BCUT2D eigenvalue weighted by molar-refractivity contribution is 5.79. The number of rotatable bonds is 5. The molecule has 2 amide bonds. The first-order chi connectivity index (χ1) is 12.6. The fraction of sp³-hybridized carbons (Fsp3) is 0.905. The number of nitrogens with zero attached hydrogens (tertiary/aromatic N) is 3. The topological polar surface area (TPSA) is 43.9 Å². The normalized spacial score (nSPS) is 26.1. The molecule has 3 rings (SSSR count). The van der Waals surface area contributed by atoms with Crippen LogP contribution in [0.25, 0.3) is 0 Å². The number of piperidine rings is 1. The molecule has 1 unspecified atom stereocenters. The van der Waals surface area contributed by atoms with Gasteiger partial charge < -0.3 is 9.80 Å². The third-order valence-electron chi connectivity index (χ3n) is 6.70. The molecule has 0 aromatic rings. The fourth-order valence-corrected chi connectivity index (χ4v) is 4.87. The molecule has 5 heteroatoms. The van der Waals surface area contributed by atoms with Crippen LogP contribution in [-0.2, 0) is 9.59 Å². The minimum absolute atomic E-state index is 0.272. The van der Waals surface area contributed by atoms with Gasteiger partial charge in [0.15, 0.2) is 0 Å². The lowest BCUT2D eigenvalue weighted by molar-refractivity contribution is -0.137. The Labute approximate surface area is 159 Å². The molecule has 3 fully saturated rings. The van der Waals surface area contributed by atoms with Crippen LogP contribution in [0.2, 0.25) is 0 Å². The van der Waals surface area contributed by atoms with Crippen molar-refractivity contribution in [3.05, 3.63) is 0 Å². The van der Waals surface area contributed by atoms with Gasteiger partial charge in [-0.05, 0) is 38.5 Å². The molecule has 1 aliphatic carbocycles. The van der Waals surface area contributed by atoms with E-state index in [9.17, 15) is 9.59 Å². The van der Waals surface area contributed by atoms with E-state index >= 15 is 0 Å². The lowest BCUT2D eigenvalue weighted by Gasteiger charge is -2.38. The van der Waals surface area contributed by atoms with Crippen LogP contribution in [0.5, 0.6) is 0 Å². The Morgan fingerprint density at radius 3 is 2.19 bits per heavy atom. The maximum absolute atomic E-state index is 12.6. The van der Waals surface area contributed by atoms with Crippen molar-refractivity contribution in [3.8, 4) is 0 Å². The molecule has 3 aliphatic rings. The standard InChI is InChI=1S/C21H37N3O2/c1-18-7-5-6-12-24(18)21(26)17-22-13-15-23(16-14-22)20(25)11-10-19-8-3-2-4-9-19/h18-19H,2-17H2,1H3. The van der Waals surface area contributed by atoms with Gasteiger partial charge in [0, 0.05) is 45.2 Å². The first-order valence-electron chi connectivity index (χ1n) is 10.9. The van der Waals surface area contributed by atoms with Gasteiger partial charge in [0.1, 0.15) is 0 Å². The number of amides is 2. The molecule has 0 aromatic carbocycles. The van der Waals surface area contributed by atoms with E-state index in [1.54, 1.807) is 0 Å². The van der Waals surface area contributed by atoms with Gasteiger partial charge in [0.2, 0.25) is 11.8 Å². The van der Waals surface area contributed by atoms with Gasteiger partial charge in [-0.15, -0.1) is 0 Å². The summed E-state index contributed by atoms with van der Waals surface area (Å²) in [5.41, 5.74) is 0. The van der Waals surface area contributed by atoms with E-state index in [-0.39, 0.29) is 5.91 Å². The molecule has 1 atom stereocenters. The minimum Gasteiger partial charge on any atom is -0.340 e. The average Bonchev–Trinajstić information content (AvgIpc) is 2.68. The van der Waals surface area contributed by atoms with Crippen molar-refractivity contribution < 1.29 is 9.59 Å². The summed E-state index contributed by atoms with van der Waals surface area (Å²) in [6.45, 7) is 6.85. The first-order valence-corrected chi connectivity index (χ1v) is 10.9. The summed E-state index contributed by atoms with van der Waals surface area (Å²) in [7, 11) is 0. The maximum atomic E-state index is 12.6. The quantitative estimate of drug-likeness (QED) is 0.754. The largest absolute Gasteiger partial charge is 0.340 e. The highest BCUT2D eigenvalue weighted by Gasteiger charge is 2.27. The first kappa shape index (κ1) is 19.7. The van der Waals surface area contributed by atoms with Gasteiger partial charge >= 0.3 is 0 Å². The van der Waals surface area contributed by atoms with E-state index in [0.717, 1.165) is 64.3 Å². The molecule has 0 bridgehead atoms. The van der Waals surface area contributed by atoms with Crippen LogP contribution in [0.3, 0.4) is 0 Å². The Bertz CT molecular complexity index is 468. The molecule has 0 N–H and O–H groups in total. The molecule has 26 heavy (non-hydrogen) atoms. The Hall–Kier alpha value is -1.10. The third-order valence-corrected chi connectivity index (χ3v) is 6.70. The maximum Gasteiger partial charge on any atom is 0.236 e. The van der Waals surface area contributed by atoms with E-state index in [1.807, 2.05) is 4.90 Å². The Balaban J connectivity index is 1.35. The van der Waals surface area contributed by atoms with Crippen molar-refractivity contribution in [1.29, 1.82) is 0 Å². The van der Waals surface area contributed by atoms with Crippen molar-refractivity contribution >= 4 is 11.8 Å². The SMILES string of the molecule is CC1CCCCN1C(=O)CN1CCN(C(=O)CCC2CCCCC2)CC1. The zero-order valence-electron chi connectivity index (χ0n) is 16.6. The average molecular weight is 364 g/mol. The number of carbonyl (C=O) groups is 2. The molecular weight excluding hydrogens is 326 g/mol. The van der Waals surface area contributed by atoms with Gasteiger partial charge in [0.05, 0.1) is 6.54 Å². The molecular formula is C21H37N3O2. The molecule has 0 spiro atoms. The molecule has 148 valence electrons. The summed E-state index contributed by atoms with van der Waals surface area (Å²) in [4.78, 5) is 31.4. The fourth-order valence-electron chi connectivity index (χ4n) is 4.87. The second-order valence-electron chi connectivity index (χ2n) is 8.63. The van der Waals surface area contributed by atoms with Crippen molar-refractivity contribution in [1.82, 2.24) is 14.7 Å². The van der Waals surface area contributed by atoms with Gasteiger partial charge in [-0.1, -0.05) is 32.1 Å². The van der Waals surface area contributed by atoms with E-state index in [4.69, 9.17) is 0 Å². The van der Waals surface area contributed by atoms with Crippen LogP contribution >= 0.6 is 0 Å². The highest BCUT2D eigenvalue weighted by atomic mass is 16.2. The second-order valence-corrected chi connectivity index (χ2v) is 8.63. The van der Waals surface area contributed by atoms with Gasteiger partial charge in [-0.2, -0.15) is 0 Å². The molecule has 1 saturated carbocycles. The van der Waals surface area contributed by atoms with Crippen LogP contribution in [0, 0.1) is 5.92 Å². The van der Waals surface area contributed by atoms with E-state index in [0.29, 0.717) is 18.5 Å². The smallest absolute Gasteiger partial charge is 0.236 e.